The minimum atomic E-state index is -0.364. The second kappa shape index (κ2) is 7.09. The molecule has 0 aromatic rings. The highest BCUT2D eigenvalue weighted by molar-refractivity contribution is 8.15. The predicted octanol–water partition coefficient (Wildman–Crippen LogP) is 1.35. The number of thioether (sulfide) groups is 1. The van der Waals surface area contributed by atoms with E-state index in [-0.39, 0.29) is 16.9 Å². The molecule has 1 atom stereocenters. The number of carbonyl (C=O) groups excluding carboxylic acids is 2. The number of rotatable bonds is 6. The van der Waals surface area contributed by atoms with Gasteiger partial charge in [0, 0.05) is 18.7 Å². The van der Waals surface area contributed by atoms with Crippen LogP contribution in [0.4, 0.5) is 0 Å². The van der Waals surface area contributed by atoms with Crippen LogP contribution >= 0.6 is 11.8 Å². The maximum atomic E-state index is 10.8. The Morgan fingerprint density at radius 1 is 1.38 bits per heavy atom. The van der Waals surface area contributed by atoms with Gasteiger partial charge in [-0.15, -0.1) is 0 Å². The summed E-state index contributed by atoms with van der Waals surface area (Å²) in [5.41, 5.74) is 5.55. The van der Waals surface area contributed by atoms with Gasteiger partial charge in [0.1, 0.15) is 0 Å². The monoisotopic (exact) mass is 203 g/mol. The lowest BCUT2D eigenvalue weighted by molar-refractivity contribution is -0.130. The fraction of sp³-hybridized carbons (Fsp3) is 0.778. The summed E-state index contributed by atoms with van der Waals surface area (Å²) in [6.07, 6.45) is 2.95. The van der Waals surface area contributed by atoms with Gasteiger partial charge in [-0.05, 0) is 19.8 Å². The molecule has 0 aromatic carbocycles. The molecule has 3 nitrogen and oxygen atoms in total. The van der Waals surface area contributed by atoms with Crippen molar-refractivity contribution in [3.05, 3.63) is 0 Å². The van der Waals surface area contributed by atoms with Gasteiger partial charge in [-0.3, -0.25) is 9.59 Å². The van der Waals surface area contributed by atoms with Crippen molar-refractivity contribution in [2.24, 2.45) is 5.73 Å². The quantitative estimate of drug-likeness (QED) is 0.523. The number of ketones is 1. The third-order valence-electron chi connectivity index (χ3n) is 1.57. The summed E-state index contributed by atoms with van der Waals surface area (Å²) in [6.45, 7) is 3.27. The minimum absolute atomic E-state index is 0.230. The van der Waals surface area contributed by atoms with Crippen molar-refractivity contribution in [3.8, 4) is 0 Å². The highest BCUT2D eigenvalue weighted by Gasteiger charge is 2.07. The van der Waals surface area contributed by atoms with E-state index in [0.29, 0.717) is 0 Å². The van der Waals surface area contributed by atoms with Gasteiger partial charge in [-0.1, -0.05) is 18.2 Å². The lowest BCUT2D eigenvalue weighted by Crippen LogP contribution is -2.14. The summed E-state index contributed by atoms with van der Waals surface area (Å²) in [7, 11) is 0. The van der Waals surface area contributed by atoms with Crippen LogP contribution in [0.15, 0.2) is 0 Å². The normalized spacial score (nSPS) is 12.5. The molecule has 0 heterocycles. The Hall–Kier alpha value is -0.350. The second-order valence-corrected chi connectivity index (χ2v) is 4.23. The Kier molecular flexibility index (Phi) is 6.90. The van der Waals surface area contributed by atoms with Crippen LogP contribution in [0, 0.1) is 0 Å². The first-order valence-electron chi connectivity index (χ1n) is 4.47. The van der Waals surface area contributed by atoms with Crippen molar-refractivity contribution in [2.75, 3.05) is 5.75 Å². The average molecular weight is 203 g/mol. The van der Waals surface area contributed by atoms with Crippen molar-refractivity contribution >= 4 is 22.7 Å². The molecule has 1 unspecified atom stereocenters. The van der Waals surface area contributed by atoms with E-state index in [1.807, 2.05) is 6.92 Å². The second-order valence-electron chi connectivity index (χ2n) is 3.17. The summed E-state index contributed by atoms with van der Waals surface area (Å²) < 4.78 is 0. The zero-order valence-electron chi connectivity index (χ0n) is 8.21. The van der Waals surface area contributed by atoms with Crippen LogP contribution in [0.5, 0.6) is 0 Å². The molecule has 0 radical (unpaired) electrons. The molecule has 0 fully saturated rings. The van der Waals surface area contributed by atoms with Crippen LogP contribution in [0.1, 0.15) is 33.1 Å². The van der Waals surface area contributed by atoms with Crippen LogP contribution < -0.4 is 5.73 Å². The Bertz CT molecular complexity index is 180. The maximum absolute atomic E-state index is 10.8. The van der Waals surface area contributed by atoms with Crippen LogP contribution in [-0.2, 0) is 9.59 Å². The number of nitrogens with two attached hydrogens (primary N) is 1. The Morgan fingerprint density at radius 3 is 2.46 bits per heavy atom. The SMILES string of the molecule is CC(=O)C(=O)SCCCCC(C)N. The summed E-state index contributed by atoms with van der Waals surface area (Å²) in [4.78, 5) is 21.4. The van der Waals surface area contributed by atoms with Gasteiger partial charge in [-0.2, -0.15) is 0 Å². The smallest absolute Gasteiger partial charge is 0.254 e. The highest BCUT2D eigenvalue weighted by atomic mass is 32.2. The highest BCUT2D eigenvalue weighted by Crippen LogP contribution is 2.08. The molecule has 0 bridgehead atoms. The molecule has 0 aromatic heterocycles. The van der Waals surface area contributed by atoms with E-state index in [4.69, 9.17) is 5.73 Å². The maximum Gasteiger partial charge on any atom is 0.254 e. The van der Waals surface area contributed by atoms with Crippen LogP contribution in [0.3, 0.4) is 0 Å². The molecule has 0 rings (SSSR count). The first kappa shape index (κ1) is 12.7. The molecule has 76 valence electrons. The van der Waals surface area contributed by atoms with Gasteiger partial charge < -0.3 is 5.73 Å². The number of Topliss-reactive ketones (excluding diaryl/α,β-unsaturated/α-hetero) is 1. The summed E-state index contributed by atoms with van der Waals surface area (Å²) in [5.74, 6) is 0.364. The zero-order valence-corrected chi connectivity index (χ0v) is 9.02. The number of carbonyl (C=O) groups is 2. The largest absolute Gasteiger partial charge is 0.328 e. The van der Waals surface area contributed by atoms with E-state index in [1.165, 1.54) is 6.92 Å². The number of hydrogen-bond donors (Lipinski definition) is 1. The van der Waals surface area contributed by atoms with E-state index >= 15 is 0 Å². The summed E-state index contributed by atoms with van der Waals surface area (Å²) >= 11 is 1.11. The molecule has 0 saturated heterocycles. The molecular formula is C9H17NO2S. The fourth-order valence-electron chi connectivity index (χ4n) is 0.835. The van der Waals surface area contributed by atoms with E-state index in [0.717, 1.165) is 36.8 Å². The van der Waals surface area contributed by atoms with E-state index in [9.17, 15) is 9.59 Å². The number of hydrogen-bond acceptors (Lipinski definition) is 4. The lowest BCUT2D eigenvalue weighted by Gasteiger charge is -2.02. The van der Waals surface area contributed by atoms with Gasteiger partial charge in [0.25, 0.3) is 5.12 Å². The van der Waals surface area contributed by atoms with Gasteiger partial charge in [0.2, 0.25) is 5.78 Å². The summed E-state index contributed by atoms with van der Waals surface area (Å²) in [5, 5.41) is -0.333. The molecule has 0 amide bonds. The Labute approximate surface area is 83.4 Å². The van der Waals surface area contributed by atoms with Crippen molar-refractivity contribution < 1.29 is 9.59 Å². The zero-order chi connectivity index (χ0) is 10.3. The van der Waals surface area contributed by atoms with Crippen LogP contribution in [0.2, 0.25) is 0 Å². The lowest BCUT2D eigenvalue weighted by atomic mass is 10.2. The van der Waals surface area contributed by atoms with Gasteiger partial charge in [-0.25, -0.2) is 0 Å². The first-order valence-corrected chi connectivity index (χ1v) is 5.46. The minimum Gasteiger partial charge on any atom is -0.328 e. The van der Waals surface area contributed by atoms with Crippen molar-refractivity contribution in [3.63, 3.8) is 0 Å². The van der Waals surface area contributed by atoms with Crippen LogP contribution in [-0.4, -0.2) is 22.7 Å². The number of unbranched alkanes of at least 4 members (excludes halogenated alkanes) is 1. The molecule has 0 saturated carbocycles. The molecule has 0 aliphatic heterocycles. The Balaban J connectivity index is 3.26. The summed E-state index contributed by atoms with van der Waals surface area (Å²) in [6, 6.07) is 0.230. The van der Waals surface area contributed by atoms with Gasteiger partial charge in [0.15, 0.2) is 0 Å². The molecule has 13 heavy (non-hydrogen) atoms. The van der Waals surface area contributed by atoms with E-state index in [2.05, 4.69) is 0 Å². The van der Waals surface area contributed by atoms with E-state index in [1.54, 1.807) is 0 Å². The van der Waals surface area contributed by atoms with E-state index < -0.39 is 0 Å². The molecular weight excluding hydrogens is 186 g/mol. The third kappa shape index (κ3) is 7.99. The van der Waals surface area contributed by atoms with Gasteiger partial charge >= 0.3 is 0 Å². The van der Waals surface area contributed by atoms with Crippen molar-refractivity contribution in [1.82, 2.24) is 0 Å². The molecule has 0 aliphatic carbocycles. The van der Waals surface area contributed by atoms with Crippen molar-refractivity contribution in [1.29, 1.82) is 0 Å². The van der Waals surface area contributed by atoms with Gasteiger partial charge in [0.05, 0.1) is 0 Å². The third-order valence-corrected chi connectivity index (χ3v) is 2.62. The average Bonchev–Trinajstić information content (AvgIpc) is 2.02. The van der Waals surface area contributed by atoms with Crippen LogP contribution in [0.25, 0.3) is 0 Å². The Morgan fingerprint density at radius 2 is 2.00 bits per heavy atom. The fourth-order valence-corrected chi connectivity index (χ4v) is 1.57. The molecule has 4 heteroatoms. The predicted molar refractivity (Wildman–Crippen MR) is 55.6 cm³/mol. The first-order chi connectivity index (χ1) is 6.04. The molecule has 0 aliphatic rings. The standard InChI is InChI=1S/C9H17NO2S/c1-7(10)5-3-4-6-13-9(12)8(2)11/h7H,3-6,10H2,1-2H3. The molecule has 0 spiro atoms. The van der Waals surface area contributed by atoms with Crippen molar-refractivity contribution in [2.45, 2.75) is 39.2 Å². The molecule has 2 N–H and O–H groups in total. The topological polar surface area (TPSA) is 60.2 Å².